The van der Waals surface area contributed by atoms with E-state index in [1.54, 1.807) is 55.8 Å². The molecule has 0 atom stereocenters. The first-order valence-corrected chi connectivity index (χ1v) is 16.0. The Morgan fingerprint density at radius 1 is 0.745 bits per heavy atom. The minimum absolute atomic E-state index is 0.0147. The smallest absolute Gasteiger partial charge is 0.300 e. The van der Waals surface area contributed by atoms with Gasteiger partial charge < -0.3 is 5.32 Å². The molecule has 260 valence electrons. The van der Waals surface area contributed by atoms with Gasteiger partial charge in [-0.2, -0.15) is 36.5 Å². The van der Waals surface area contributed by atoms with Crippen LogP contribution in [0.1, 0.15) is 38.2 Å². The van der Waals surface area contributed by atoms with E-state index >= 15 is 0 Å². The number of amides is 1. The SMILES string of the molecule is CN=C1NC(=O)S/C1=C\c1ccc2nn(Cc3ccccc3C(F)(F)F)cc2c1.O=Cc1ccc2nn(Cc3ccccc3C(F)(F)F)cc2c1. The lowest BCUT2D eigenvalue weighted by atomic mass is 10.1. The van der Waals surface area contributed by atoms with Crippen LogP contribution in [-0.2, 0) is 25.4 Å². The number of hydrogen-bond donors (Lipinski definition) is 1. The maximum Gasteiger partial charge on any atom is 0.416 e. The Labute approximate surface area is 290 Å². The normalized spacial score (nSPS) is 15.0. The van der Waals surface area contributed by atoms with Crippen molar-refractivity contribution in [3.05, 3.63) is 136 Å². The number of nitrogens with zero attached hydrogens (tertiary/aromatic N) is 5. The summed E-state index contributed by atoms with van der Waals surface area (Å²) in [6, 6.07) is 21.4. The van der Waals surface area contributed by atoms with Gasteiger partial charge in [0.15, 0.2) is 0 Å². The predicted octanol–water partition coefficient (Wildman–Crippen LogP) is 8.84. The van der Waals surface area contributed by atoms with Crippen molar-refractivity contribution in [2.24, 2.45) is 4.99 Å². The number of nitrogens with one attached hydrogen (secondary N) is 1. The first kappa shape index (κ1) is 35.1. The highest BCUT2D eigenvalue weighted by atomic mass is 32.2. The molecule has 1 aliphatic rings. The van der Waals surface area contributed by atoms with E-state index in [-0.39, 0.29) is 29.5 Å². The number of carbonyl (C=O) groups excluding carboxylic acids is 2. The third kappa shape index (κ3) is 8.20. The van der Waals surface area contributed by atoms with Gasteiger partial charge in [-0.25, -0.2) is 0 Å². The second-order valence-corrected chi connectivity index (χ2v) is 12.3. The molecule has 0 spiro atoms. The van der Waals surface area contributed by atoms with Crippen molar-refractivity contribution in [1.29, 1.82) is 0 Å². The Bertz CT molecular complexity index is 2320. The molecule has 0 unspecified atom stereocenters. The maximum absolute atomic E-state index is 13.2. The number of aldehydes is 1. The van der Waals surface area contributed by atoms with Crippen LogP contribution in [0, 0.1) is 0 Å². The molecule has 0 radical (unpaired) electrons. The third-order valence-corrected chi connectivity index (χ3v) is 8.59. The van der Waals surface area contributed by atoms with Crippen molar-refractivity contribution in [1.82, 2.24) is 24.9 Å². The minimum atomic E-state index is -4.41. The number of hydrogen-bond acceptors (Lipinski definition) is 6. The van der Waals surface area contributed by atoms with E-state index in [2.05, 4.69) is 20.5 Å². The number of aromatic nitrogens is 4. The van der Waals surface area contributed by atoms with Crippen LogP contribution in [0.4, 0.5) is 31.1 Å². The molecule has 8 nitrogen and oxygen atoms in total. The van der Waals surface area contributed by atoms with Gasteiger partial charge in [0, 0.05) is 35.8 Å². The summed E-state index contributed by atoms with van der Waals surface area (Å²) in [7, 11) is 1.60. The Kier molecular flexibility index (Phi) is 9.83. The van der Waals surface area contributed by atoms with Crippen LogP contribution in [0.2, 0.25) is 0 Å². The lowest BCUT2D eigenvalue weighted by molar-refractivity contribution is -0.139. The van der Waals surface area contributed by atoms with Gasteiger partial charge in [0.1, 0.15) is 12.1 Å². The molecule has 15 heteroatoms. The number of benzene rings is 4. The van der Waals surface area contributed by atoms with Gasteiger partial charge in [-0.3, -0.25) is 23.9 Å². The summed E-state index contributed by atoms with van der Waals surface area (Å²) in [5, 5.41) is 12.6. The van der Waals surface area contributed by atoms with Crippen molar-refractivity contribution < 1.29 is 35.9 Å². The van der Waals surface area contributed by atoms with Crippen molar-refractivity contribution in [3.63, 3.8) is 0 Å². The second kappa shape index (κ2) is 14.3. The highest BCUT2D eigenvalue weighted by Crippen LogP contribution is 2.34. The van der Waals surface area contributed by atoms with Gasteiger partial charge in [-0.05, 0) is 77.0 Å². The third-order valence-electron chi connectivity index (χ3n) is 7.78. The largest absolute Gasteiger partial charge is 0.416 e. The Hall–Kier alpha value is -5.70. The van der Waals surface area contributed by atoms with Crippen LogP contribution in [0.15, 0.2) is 107 Å². The van der Waals surface area contributed by atoms with Crippen LogP contribution in [-0.4, -0.2) is 44.0 Å². The molecule has 1 aliphatic heterocycles. The molecule has 1 N–H and O–H groups in total. The molecule has 51 heavy (non-hydrogen) atoms. The van der Waals surface area contributed by atoms with Crippen LogP contribution >= 0.6 is 11.8 Å². The van der Waals surface area contributed by atoms with Crippen molar-refractivity contribution in [2.75, 3.05) is 7.05 Å². The number of fused-ring (bicyclic) bond motifs is 2. The van der Waals surface area contributed by atoms with E-state index in [0.29, 0.717) is 32.7 Å². The molecule has 3 heterocycles. The fraction of sp³-hybridized carbons (Fsp3) is 0.139. The van der Waals surface area contributed by atoms with Crippen LogP contribution in [0.3, 0.4) is 0 Å². The number of rotatable bonds is 6. The summed E-state index contributed by atoms with van der Waals surface area (Å²) in [6.45, 7) is 0.0302. The Morgan fingerprint density at radius 2 is 1.24 bits per heavy atom. The second-order valence-electron chi connectivity index (χ2n) is 11.3. The van der Waals surface area contributed by atoms with Gasteiger partial charge in [0.25, 0.3) is 5.24 Å². The molecule has 6 aromatic rings. The van der Waals surface area contributed by atoms with Crippen LogP contribution in [0.5, 0.6) is 0 Å². The summed E-state index contributed by atoms with van der Waals surface area (Å²) >= 11 is 1.06. The van der Waals surface area contributed by atoms with Gasteiger partial charge in [0.05, 0.1) is 40.2 Å². The number of aliphatic imine (C=N–C) groups is 1. The summed E-state index contributed by atoms with van der Waals surface area (Å²) in [4.78, 5) is 27.0. The van der Waals surface area contributed by atoms with E-state index in [4.69, 9.17) is 0 Å². The molecular formula is C36H26F6N6O2S. The fourth-order valence-corrected chi connectivity index (χ4v) is 6.26. The molecule has 0 aliphatic carbocycles. The molecule has 2 aromatic heterocycles. The number of carbonyl (C=O) groups is 2. The maximum atomic E-state index is 13.2. The lowest BCUT2D eigenvalue weighted by Gasteiger charge is -2.12. The van der Waals surface area contributed by atoms with Crippen molar-refractivity contribution in [3.8, 4) is 0 Å². The topological polar surface area (TPSA) is 94.2 Å². The summed E-state index contributed by atoms with van der Waals surface area (Å²) in [5.41, 5.74) is 1.64. The molecule has 1 fully saturated rings. The summed E-state index contributed by atoms with van der Waals surface area (Å²) in [6.07, 6.45) is -2.91. The monoisotopic (exact) mass is 720 g/mol. The molecular weight excluding hydrogens is 694 g/mol. The van der Waals surface area contributed by atoms with E-state index in [1.165, 1.54) is 33.6 Å². The van der Waals surface area contributed by atoms with E-state index < -0.39 is 23.5 Å². The number of amidine groups is 1. The van der Waals surface area contributed by atoms with Gasteiger partial charge in [-0.15, -0.1) is 0 Å². The van der Waals surface area contributed by atoms with E-state index in [0.717, 1.165) is 41.1 Å². The first-order chi connectivity index (χ1) is 24.3. The average molecular weight is 721 g/mol. The average Bonchev–Trinajstić information content (AvgIpc) is 3.79. The summed E-state index contributed by atoms with van der Waals surface area (Å²) < 4.78 is 81.5. The molecule has 1 saturated heterocycles. The van der Waals surface area contributed by atoms with Gasteiger partial charge >= 0.3 is 12.4 Å². The molecule has 0 saturated carbocycles. The minimum Gasteiger partial charge on any atom is -0.300 e. The summed E-state index contributed by atoms with van der Waals surface area (Å²) in [5.74, 6) is 0.513. The zero-order valence-corrected chi connectivity index (χ0v) is 27.4. The molecule has 0 bridgehead atoms. The van der Waals surface area contributed by atoms with Crippen LogP contribution < -0.4 is 5.32 Å². The molecule has 7 rings (SSSR count). The van der Waals surface area contributed by atoms with E-state index in [1.807, 2.05) is 18.2 Å². The highest BCUT2D eigenvalue weighted by molar-refractivity contribution is 8.18. The zero-order valence-electron chi connectivity index (χ0n) is 26.5. The fourth-order valence-electron chi connectivity index (χ4n) is 5.48. The Balaban J connectivity index is 0.000000183. The van der Waals surface area contributed by atoms with Gasteiger partial charge in [-0.1, -0.05) is 42.5 Å². The predicted molar refractivity (Wildman–Crippen MR) is 183 cm³/mol. The van der Waals surface area contributed by atoms with Crippen molar-refractivity contribution in [2.45, 2.75) is 25.4 Å². The lowest BCUT2D eigenvalue weighted by Crippen LogP contribution is -2.18. The number of alkyl halides is 6. The number of halogens is 6. The molecule has 1 amide bonds. The zero-order chi connectivity index (χ0) is 36.3. The Morgan fingerprint density at radius 3 is 1.73 bits per heavy atom. The van der Waals surface area contributed by atoms with Gasteiger partial charge in [0.2, 0.25) is 0 Å². The first-order valence-electron chi connectivity index (χ1n) is 15.2. The van der Waals surface area contributed by atoms with Crippen molar-refractivity contribution >= 4 is 57.0 Å². The number of thioether (sulfide) groups is 1. The highest BCUT2D eigenvalue weighted by Gasteiger charge is 2.34. The molecule has 4 aromatic carbocycles. The standard InChI is InChI=1S/C20H15F3N4OS.C16H11F3N2O/c1-24-18-17(29-19(28)25-18)9-12-6-7-16-14(8-12)11-27(26-16)10-13-4-2-3-5-15(13)20(21,22)23;17-16(18,19)14-4-2-1-3-12(14)8-21-9-13-7-11(10-22)5-6-15(13)20-21/h2-9,11H,10H2,1H3,(H,24,25,28);1-7,9-10H,8H2/b17-9-;. The van der Waals surface area contributed by atoms with Crippen LogP contribution in [0.25, 0.3) is 27.9 Å². The quantitative estimate of drug-likeness (QED) is 0.137. The van der Waals surface area contributed by atoms with E-state index in [9.17, 15) is 35.9 Å².